The van der Waals surface area contributed by atoms with Gasteiger partial charge in [-0.15, -0.1) is 0 Å². The molecule has 0 aliphatic heterocycles. The number of hydrogen-bond donors (Lipinski definition) is 0. The zero-order valence-electron chi connectivity index (χ0n) is 4.10. The van der Waals surface area contributed by atoms with Crippen LogP contribution < -0.4 is 0 Å². The number of rotatable bonds is 0. The van der Waals surface area contributed by atoms with Gasteiger partial charge in [0.05, 0.1) is 0 Å². The van der Waals surface area contributed by atoms with Crippen molar-refractivity contribution in [1.29, 1.82) is 0 Å². The van der Waals surface area contributed by atoms with Crippen molar-refractivity contribution in [1.82, 2.24) is 0 Å². The summed E-state index contributed by atoms with van der Waals surface area (Å²) in [6.07, 6.45) is 0. The van der Waals surface area contributed by atoms with Gasteiger partial charge in [0.2, 0.25) is 0 Å². The van der Waals surface area contributed by atoms with Crippen LogP contribution in [0.5, 0.6) is 0 Å². The zero-order chi connectivity index (χ0) is 6.00. The summed E-state index contributed by atoms with van der Waals surface area (Å²) in [6.45, 7) is 13.5. The molecule has 0 saturated heterocycles. The molecule has 0 aliphatic rings. The molecule has 0 aliphatic carbocycles. The van der Waals surface area contributed by atoms with E-state index in [-0.39, 0.29) is 24.5 Å². The first kappa shape index (κ1) is 46.8. The third-order valence-corrected chi connectivity index (χ3v) is 0. The van der Waals surface area contributed by atoms with Crippen molar-refractivity contribution in [2.75, 3.05) is 0 Å². The van der Waals surface area contributed by atoms with Crippen LogP contribution in [-0.4, -0.2) is 0 Å². The van der Waals surface area contributed by atoms with E-state index in [9.17, 15) is 0 Å². The van der Waals surface area contributed by atoms with Gasteiger partial charge in [-0.2, -0.15) is 0 Å². The Kier molecular flexibility index (Phi) is 19200. The second-order valence-electron chi connectivity index (χ2n) is 0. The second kappa shape index (κ2) is 3270. The van der Waals surface area contributed by atoms with Gasteiger partial charge < -0.3 is 7.43 Å². The van der Waals surface area contributed by atoms with E-state index in [1.807, 2.05) is 0 Å². The van der Waals surface area contributed by atoms with Crippen molar-refractivity contribution >= 4 is 0 Å². The molecule has 0 fully saturated rings. The molecule has 0 saturated carbocycles. The minimum atomic E-state index is 0. The molecule has 0 heterocycles. The van der Waals surface area contributed by atoms with E-state index in [1.165, 1.54) is 0 Å². The molecule has 0 rings (SSSR count). The van der Waals surface area contributed by atoms with Crippen molar-refractivity contribution < 1.29 is 31.0 Å². The summed E-state index contributed by atoms with van der Waals surface area (Å²) in [5, 5.41) is 0. The Hall–Kier alpha value is -0.261. The average Bonchev–Trinajstić information content (AvgIpc) is 1.81. The summed E-state index contributed by atoms with van der Waals surface area (Å²) in [6, 6.07) is 0. The molecule has 0 aromatic carbocycles. The van der Waals surface area contributed by atoms with Gasteiger partial charge in [0.25, 0.3) is 0 Å². The summed E-state index contributed by atoms with van der Waals surface area (Å²) in [4.78, 5) is 0. The number of hydrogen-bond acceptors (Lipinski definition) is 0. The molecule has 4 heteroatoms. The summed E-state index contributed by atoms with van der Waals surface area (Å²) in [7, 11) is 0. The van der Waals surface area contributed by atoms with Crippen LogP contribution in [0.4, 0.5) is 0 Å². The Labute approximate surface area is 59.1 Å². The van der Waals surface area contributed by atoms with Crippen molar-refractivity contribution in [3.63, 3.8) is 0 Å². The van der Waals surface area contributed by atoms with Gasteiger partial charge in [-0.25, -0.2) is 0 Å². The van der Waals surface area contributed by atoms with E-state index in [2.05, 4.69) is 20.0 Å². The van der Waals surface area contributed by atoms with Gasteiger partial charge in [0.1, 0.15) is 0 Å². The van der Waals surface area contributed by atoms with E-state index in [4.69, 9.17) is 14.0 Å². The molecular formula is C4H3MnO3-. The SMILES string of the molecule is [C-]#[O+].[C-]#[O+].[C-]#[O+].[CH3-].[Mn]. The minimum absolute atomic E-state index is 0. The van der Waals surface area contributed by atoms with Crippen LogP contribution in [0.1, 0.15) is 0 Å². The van der Waals surface area contributed by atoms with Gasteiger partial charge in [0.15, 0.2) is 0 Å². The molecule has 0 spiro atoms. The molecular weight excluding hydrogens is 151 g/mol. The van der Waals surface area contributed by atoms with Crippen LogP contribution in [-0.2, 0) is 31.0 Å². The largest absolute Gasteiger partial charge is 0.358 e. The average molecular weight is 154 g/mol. The van der Waals surface area contributed by atoms with Gasteiger partial charge >= 0.3 is 33.9 Å². The normalized spacial score (nSPS) is 0.750. The summed E-state index contributed by atoms with van der Waals surface area (Å²) in [5.41, 5.74) is 0. The van der Waals surface area contributed by atoms with Gasteiger partial charge in [-0.1, -0.05) is 0 Å². The second-order valence-corrected chi connectivity index (χ2v) is 0. The van der Waals surface area contributed by atoms with Crippen molar-refractivity contribution in [2.24, 2.45) is 0 Å². The van der Waals surface area contributed by atoms with Gasteiger partial charge in [0, 0.05) is 17.1 Å². The van der Waals surface area contributed by atoms with Crippen LogP contribution in [0.2, 0.25) is 0 Å². The van der Waals surface area contributed by atoms with Crippen LogP contribution in [0.15, 0.2) is 0 Å². The van der Waals surface area contributed by atoms with Crippen LogP contribution in [0, 0.1) is 27.4 Å². The first-order valence-corrected chi connectivity index (χ1v) is 0.612. The summed E-state index contributed by atoms with van der Waals surface area (Å²) in [5.74, 6) is 0. The first-order chi connectivity index (χ1) is 3.00. The topological polar surface area (TPSA) is 59.7 Å². The predicted octanol–water partition coefficient (Wildman–Crippen LogP) is 0.335. The van der Waals surface area contributed by atoms with Gasteiger partial charge in [-0.3, -0.25) is 0 Å². The molecule has 0 N–H and O–H groups in total. The van der Waals surface area contributed by atoms with E-state index < -0.39 is 0 Å². The Balaban J connectivity index is -0.00000000500. The fourth-order valence-corrected chi connectivity index (χ4v) is 0. The zero-order valence-corrected chi connectivity index (χ0v) is 5.28. The van der Waals surface area contributed by atoms with E-state index >= 15 is 0 Å². The first-order valence-electron chi connectivity index (χ1n) is 0.612. The molecule has 0 aromatic heterocycles. The molecule has 0 aromatic rings. The molecule has 0 bridgehead atoms. The van der Waals surface area contributed by atoms with E-state index in [0.29, 0.717) is 0 Å². The maximum Gasteiger partial charge on any atom is 0 e. The Morgan fingerprint density at radius 1 is 0.625 bits per heavy atom. The Morgan fingerprint density at radius 3 is 0.625 bits per heavy atom. The standard InChI is InChI=1S/3CO.CH3.Mn/c3*1-2;;/h;;;1H3;/q;;;-1;. The van der Waals surface area contributed by atoms with Crippen LogP contribution in [0.25, 0.3) is 0 Å². The Bertz CT molecular complexity index is 39.8. The molecule has 1 radical (unpaired) electrons. The van der Waals surface area contributed by atoms with Crippen molar-refractivity contribution in [3.05, 3.63) is 27.4 Å². The summed E-state index contributed by atoms with van der Waals surface area (Å²) >= 11 is 0. The maximum atomic E-state index is 7.50. The Morgan fingerprint density at radius 2 is 0.625 bits per heavy atom. The fraction of sp³-hybridized carbons (Fsp3) is 0. The van der Waals surface area contributed by atoms with E-state index in [0.717, 1.165) is 0 Å². The maximum absolute atomic E-state index is 7.50. The fourth-order valence-electron chi connectivity index (χ4n) is 0. The van der Waals surface area contributed by atoms with Crippen LogP contribution >= 0.6 is 0 Å². The third kappa shape index (κ3) is 1900. The van der Waals surface area contributed by atoms with Crippen molar-refractivity contribution in [2.45, 2.75) is 0 Å². The molecule has 0 amide bonds. The molecule has 8 heavy (non-hydrogen) atoms. The van der Waals surface area contributed by atoms with Crippen molar-refractivity contribution in [3.8, 4) is 0 Å². The molecule has 45 valence electrons. The minimum Gasteiger partial charge on any atom is -0.358 e. The molecule has 3 nitrogen and oxygen atoms in total. The third-order valence-electron chi connectivity index (χ3n) is 0. The van der Waals surface area contributed by atoms with Gasteiger partial charge in [-0.05, 0) is 0 Å². The molecule has 0 unspecified atom stereocenters. The molecule has 0 atom stereocenters. The monoisotopic (exact) mass is 154 g/mol. The van der Waals surface area contributed by atoms with E-state index in [1.54, 1.807) is 0 Å². The summed E-state index contributed by atoms with van der Waals surface area (Å²) < 4.78 is 22.5. The van der Waals surface area contributed by atoms with Crippen LogP contribution in [0.3, 0.4) is 0 Å². The predicted molar refractivity (Wildman–Crippen MR) is 18.2 cm³/mol. The quantitative estimate of drug-likeness (QED) is 0.274. The smallest absolute Gasteiger partial charge is 0 e.